The molecule has 24 heavy (non-hydrogen) atoms. The van der Waals surface area contributed by atoms with Crippen LogP contribution in [-0.2, 0) is 0 Å². The molecule has 2 aromatic rings. The van der Waals surface area contributed by atoms with Gasteiger partial charge >= 0.3 is 0 Å². The lowest BCUT2D eigenvalue weighted by Gasteiger charge is -2.13. The quantitative estimate of drug-likeness (QED) is 0.645. The zero-order valence-corrected chi connectivity index (χ0v) is 13.4. The summed E-state index contributed by atoms with van der Waals surface area (Å²) < 4.78 is 15.4. The van der Waals surface area contributed by atoms with Crippen molar-refractivity contribution in [1.82, 2.24) is 0 Å². The van der Waals surface area contributed by atoms with Gasteiger partial charge in [-0.15, -0.1) is 0 Å². The molecule has 0 atom stereocenters. The molecule has 0 heterocycles. The lowest BCUT2D eigenvalue weighted by Crippen LogP contribution is -2.14. The number of ether oxygens (including phenoxy) is 3. The van der Waals surface area contributed by atoms with E-state index >= 15 is 0 Å². The van der Waals surface area contributed by atoms with Gasteiger partial charge in [0.15, 0.2) is 0 Å². The summed E-state index contributed by atoms with van der Waals surface area (Å²) in [6.45, 7) is 0. The number of non-ortho nitro benzene ring substituents is 1. The van der Waals surface area contributed by atoms with Crippen molar-refractivity contribution in [2.45, 2.75) is 0 Å². The lowest BCUT2D eigenvalue weighted by atomic mass is 10.1. The molecular weight excluding hydrogens is 316 g/mol. The molecule has 8 heteroatoms. The Kier molecular flexibility index (Phi) is 5.20. The molecule has 0 aliphatic heterocycles. The number of benzene rings is 2. The molecule has 8 nitrogen and oxygen atoms in total. The maximum absolute atomic E-state index is 12.5. The van der Waals surface area contributed by atoms with Gasteiger partial charge < -0.3 is 19.5 Å². The van der Waals surface area contributed by atoms with Crippen molar-refractivity contribution in [2.24, 2.45) is 0 Å². The van der Waals surface area contributed by atoms with Crippen LogP contribution in [0.15, 0.2) is 36.4 Å². The molecule has 0 unspecified atom stereocenters. The molecule has 2 aromatic carbocycles. The minimum atomic E-state index is -0.581. The van der Waals surface area contributed by atoms with E-state index in [1.54, 1.807) is 18.2 Å². The maximum atomic E-state index is 12.5. The topological polar surface area (TPSA) is 99.9 Å². The van der Waals surface area contributed by atoms with E-state index in [4.69, 9.17) is 14.2 Å². The summed E-state index contributed by atoms with van der Waals surface area (Å²) in [5.74, 6) is 0.604. The molecular formula is C16H16N2O6. The number of rotatable bonds is 6. The highest BCUT2D eigenvalue weighted by molar-refractivity contribution is 6.07. The Balaban J connectivity index is 2.39. The first-order valence-electron chi connectivity index (χ1n) is 6.86. The summed E-state index contributed by atoms with van der Waals surface area (Å²) in [6, 6.07) is 8.69. The number of carbonyl (C=O) groups excluding carboxylic acids is 1. The molecule has 0 aliphatic rings. The normalized spacial score (nSPS) is 9.96. The van der Waals surface area contributed by atoms with Crippen molar-refractivity contribution in [3.63, 3.8) is 0 Å². The minimum Gasteiger partial charge on any atom is -0.497 e. The summed E-state index contributed by atoms with van der Waals surface area (Å²) in [4.78, 5) is 22.9. The average Bonchev–Trinajstić information content (AvgIpc) is 2.60. The van der Waals surface area contributed by atoms with Gasteiger partial charge in [-0.1, -0.05) is 0 Å². The molecule has 0 aromatic heterocycles. The summed E-state index contributed by atoms with van der Waals surface area (Å²) in [5, 5.41) is 13.6. The van der Waals surface area contributed by atoms with E-state index in [2.05, 4.69) is 5.32 Å². The smallest absolute Gasteiger partial charge is 0.270 e. The van der Waals surface area contributed by atoms with Crippen LogP contribution in [0.3, 0.4) is 0 Å². The first-order valence-corrected chi connectivity index (χ1v) is 6.86. The van der Waals surface area contributed by atoms with Gasteiger partial charge in [-0.05, 0) is 18.2 Å². The van der Waals surface area contributed by atoms with Crippen molar-refractivity contribution in [3.05, 3.63) is 52.1 Å². The number of methoxy groups -OCH3 is 3. The van der Waals surface area contributed by atoms with Crippen LogP contribution in [0.25, 0.3) is 0 Å². The first-order chi connectivity index (χ1) is 11.5. The van der Waals surface area contributed by atoms with E-state index in [-0.39, 0.29) is 17.0 Å². The second-order valence-corrected chi connectivity index (χ2v) is 4.66. The number of amides is 1. The number of anilines is 1. The van der Waals surface area contributed by atoms with Gasteiger partial charge in [0, 0.05) is 18.2 Å². The summed E-state index contributed by atoms with van der Waals surface area (Å²) >= 11 is 0. The number of hydrogen-bond acceptors (Lipinski definition) is 6. The Labute approximate surface area is 138 Å². The van der Waals surface area contributed by atoms with Crippen LogP contribution < -0.4 is 19.5 Å². The zero-order chi connectivity index (χ0) is 17.7. The molecule has 2 rings (SSSR count). The molecule has 1 amide bonds. The van der Waals surface area contributed by atoms with Gasteiger partial charge in [0.25, 0.3) is 11.6 Å². The average molecular weight is 332 g/mol. The predicted molar refractivity (Wildman–Crippen MR) is 87.1 cm³/mol. The Morgan fingerprint density at radius 3 is 2.25 bits per heavy atom. The van der Waals surface area contributed by atoms with Crippen molar-refractivity contribution in [1.29, 1.82) is 0 Å². The van der Waals surface area contributed by atoms with Crippen LogP contribution in [0.1, 0.15) is 10.4 Å². The van der Waals surface area contributed by atoms with E-state index in [0.29, 0.717) is 17.2 Å². The van der Waals surface area contributed by atoms with Gasteiger partial charge in [0.2, 0.25) is 0 Å². The second-order valence-electron chi connectivity index (χ2n) is 4.66. The van der Waals surface area contributed by atoms with Gasteiger partial charge in [-0.3, -0.25) is 14.9 Å². The third-order valence-electron chi connectivity index (χ3n) is 3.29. The largest absolute Gasteiger partial charge is 0.497 e. The van der Waals surface area contributed by atoms with Crippen LogP contribution in [0.4, 0.5) is 11.4 Å². The molecule has 0 saturated heterocycles. The van der Waals surface area contributed by atoms with Crippen LogP contribution in [0, 0.1) is 10.1 Å². The van der Waals surface area contributed by atoms with Crippen molar-refractivity contribution in [2.75, 3.05) is 26.6 Å². The summed E-state index contributed by atoms with van der Waals surface area (Å²) in [5.41, 5.74) is 0.200. The standard InChI is InChI=1S/C16H16N2O6/c1-22-11-5-7-15(24-3)13(9-11)17-16(19)12-8-10(18(20)21)4-6-14(12)23-2/h4-9H,1-3H3,(H,17,19). The third-order valence-corrected chi connectivity index (χ3v) is 3.29. The molecule has 1 N–H and O–H groups in total. The lowest BCUT2D eigenvalue weighted by molar-refractivity contribution is -0.384. The van der Waals surface area contributed by atoms with Crippen molar-refractivity contribution >= 4 is 17.3 Å². The highest BCUT2D eigenvalue weighted by atomic mass is 16.6. The van der Waals surface area contributed by atoms with Crippen LogP contribution in [0.2, 0.25) is 0 Å². The molecule has 0 aliphatic carbocycles. The van der Waals surface area contributed by atoms with Crippen LogP contribution in [0.5, 0.6) is 17.2 Å². The fraction of sp³-hybridized carbons (Fsp3) is 0.188. The Bertz CT molecular complexity index is 775. The van der Waals surface area contributed by atoms with E-state index < -0.39 is 10.8 Å². The second kappa shape index (κ2) is 7.32. The summed E-state index contributed by atoms with van der Waals surface area (Å²) in [6.07, 6.45) is 0. The third kappa shape index (κ3) is 3.54. The SMILES string of the molecule is COc1ccc(OC)c(NC(=O)c2cc([N+](=O)[O-])ccc2OC)c1. The molecule has 0 bridgehead atoms. The van der Waals surface area contributed by atoms with Gasteiger partial charge in [-0.25, -0.2) is 0 Å². The van der Waals surface area contributed by atoms with E-state index in [1.807, 2.05) is 0 Å². The van der Waals surface area contributed by atoms with Gasteiger partial charge in [0.1, 0.15) is 17.2 Å². The first kappa shape index (κ1) is 17.1. The summed E-state index contributed by atoms with van der Waals surface area (Å²) in [7, 11) is 4.34. The zero-order valence-electron chi connectivity index (χ0n) is 13.4. The van der Waals surface area contributed by atoms with E-state index in [9.17, 15) is 14.9 Å². The number of hydrogen-bond donors (Lipinski definition) is 1. The van der Waals surface area contributed by atoms with Gasteiger partial charge in [-0.2, -0.15) is 0 Å². The molecule has 0 fully saturated rings. The number of nitrogens with one attached hydrogen (secondary N) is 1. The Morgan fingerprint density at radius 1 is 1.00 bits per heavy atom. The maximum Gasteiger partial charge on any atom is 0.270 e. The van der Waals surface area contributed by atoms with Crippen molar-refractivity contribution < 1.29 is 23.9 Å². The highest BCUT2D eigenvalue weighted by Crippen LogP contribution is 2.31. The Morgan fingerprint density at radius 2 is 1.67 bits per heavy atom. The number of nitrogens with zero attached hydrogens (tertiary/aromatic N) is 1. The predicted octanol–water partition coefficient (Wildman–Crippen LogP) is 2.87. The van der Waals surface area contributed by atoms with Gasteiger partial charge in [0.05, 0.1) is 37.5 Å². The number of nitro benzene ring substituents is 1. The Hall–Kier alpha value is -3.29. The van der Waals surface area contributed by atoms with E-state index in [1.165, 1.54) is 33.5 Å². The highest BCUT2D eigenvalue weighted by Gasteiger charge is 2.19. The minimum absolute atomic E-state index is 0.0385. The molecule has 0 saturated carbocycles. The number of nitro groups is 1. The molecule has 0 spiro atoms. The van der Waals surface area contributed by atoms with Crippen LogP contribution in [-0.4, -0.2) is 32.2 Å². The molecule has 126 valence electrons. The van der Waals surface area contributed by atoms with Crippen molar-refractivity contribution in [3.8, 4) is 17.2 Å². The molecule has 0 radical (unpaired) electrons. The van der Waals surface area contributed by atoms with Crippen LogP contribution >= 0.6 is 0 Å². The fourth-order valence-corrected chi connectivity index (χ4v) is 2.09. The monoisotopic (exact) mass is 332 g/mol. The number of carbonyl (C=O) groups is 1. The van der Waals surface area contributed by atoms with E-state index in [0.717, 1.165) is 6.07 Å². The fourth-order valence-electron chi connectivity index (χ4n) is 2.09.